The Balaban J connectivity index is 2.23. The van der Waals surface area contributed by atoms with E-state index in [1.165, 1.54) is 12.1 Å². The first kappa shape index (κ1) is 18.8. The molecule has 0 radical (unpaired) electrons. The van der Waals surface area contributed by atoms with Crippen LogP contribution in [-0.4, -0.2) is 22.1 Å². The fraction of sp³-hybridized carbons (Fsp3) is 0.412. The minimum absolute atomic E-state index is 0.202. The molecule has 1 aromatic carbocycles. The first-order valence-electron chi connectivity index (χ1n) is 7.75. The van der Waals surface area contributed by atoms with Gasteiger partial charge >= 0.3 is 6.36 Å². The van der Waals surface area contributed by atoms with E-state index in [0.29, 0.717) is 12.2 Å². The van der Waals surface area contributed by atoms with Gasteiger partial charge in [-0.2, -0.15) is 5.10 Å². The summed E-state index contributed by atoms with van der Waals surface area (Å²) in [5.41, 5.74) is 1.08. The van der Waals surface area contributed by atoms with Crippen LogP contribution in [0, 0.1) is 0 Å². The van der Waals surface area contributed by atoms with Gasteiger partial charge in [-0.1, -0.05) is 26.8 Å². The second-order valence-corrected chi connectivity index (χ2v) is 6.51. The SMILES string of the molecule is CCn1nc(C(C)(C)C)cc1C(=O)Nc1cccc(OC(F)(F)F)c1. The molecule has 0 aliphatic rings. The summed E-state index contributed by atoms with van der Waals surface area (Å²) < 4.78 is 42.3. The number of carbonyl (C=O) groups is 1. The Bertz CT molecular complexity index is 761. The summed E-state index contributed by atoms with van der Waals surface area (Å²) in [5, 5.41) is 6.99. The summed E-state index contributed by atoms with van der Waals surface area (Å²) in [6, 6.07) is 6.82. The zero-order valence-corrected chi connectivity index (χ0v) is 14.4. The van der Waals surface area contributed by atoms with Crippen LogP contribution in [-0.2, 0) is 12.0 Å². The molecule has 8 heteroatoms. The molecule has 1 amide bonds. The summed E-state index contributed by atoms with van der Waals surface area (Å²) in [6.45, 7) is 8.29. The number of nitrogens with zero attached hydrogens (tertiary/aromatic N) is 2. The number of hydrogen-bond acceptors (Lipinski definition) is 3. The predicted octanol–water partition coefficient (Wildman–Crippen LogP) is 4.35. The van der Waals surface area contributed by atoms with Gasteiger partial charge in [0.15, 0.2) is 0 Å². The molecule has 0 atom stereocenters. The highest BCUT2D eigenvalue weighted by atomic mass is 19.4. The third-order valence-electron chi connectivity index (χ3n) is 3.41. The Labute approximate surface area is 143 Å². The van der Waals surface area contributed by atoms with Crippen molar-refractivity contribution in [2.75, 3.05) is 5.32 Å². The number of hydrogen-bond donors (Lipinski definition) is 1. The highest BCUT2D eigenvalue weighted by molar-refractivity contribution is 6.03. The molecule has 0 fully saturated rings. The predicted molar refractivity (Wildman–Crippen MR) is 87.7 cm³/mol. The molecule has 0 unspecified atom stereocenters. The molecule has 5 nitrogen and oxygen atoms in total. The molecule has 1 heterocycles. The van der Waals surface area contributed by atoms with E-state index in [2.05, 4.69) is 15.2 Å². The molecule has 0 spiro atoms. The van der Waals surface area contributed by atoms with Gasteiger partial charge in [-0.05, 0) is 25.1 Å². The molecule has 1 N–H and O–H groups in total. The maximum atomic E-state index is 12.5. The topological polar surface area (TPSA) is 56.2 Å². The molecule has 2 rings (SSSR count). The van der Waals surface area contributed by atoms with Gasteiger partial charge in [0.05, 0.1) is 5.69 Å². The van der Waals surface area contributed by atoms with E-state index in [-0.39, 0.29) is 11.1 Å². The average Bonchev–Trinajstić information content (AvgIpc) is 2.90. The summed E-state index contributed by atoms with van der Waals surface area (Å²) in [4.78, 5) is 12.5. The lowest BCUT2D eigenvalue weighted by Crippen LogP contribution is -2.18. The van der Waals surface area contributed by atoms with Crippen molar-refractivity contribution in [1.29, 1.82) is 0 Å². The van der Waals surface area contributed by atoms with Gasteiger partial charge in [0, 0.05) is 23.7 Å². The van der Waals surface area contributed by atoms with Crippen molar-refractivity contribution in [2.24, 2.45) is 0 Å². The number of aromatic nitrogens is 2. The summed E-state index contributed by atoms with van der Waals surface area (Å²) >= 11 is 0. The van der Waals surface area contributed by atoms with E-state index >= 15 is 0 Å². The number of anilines is 1. The monoisotopic (exact) mass is 355 g/mol. The zero-order valence-electron chi connectivity index (χ0n) is 14.4. The third kappa shape index (κ3) is 4.98. The minimum Gasteiger partial charge on any atom is -0.406 e. The van der Waals surface area contributed by atoms with Crippen LogP contribution in [0.5, 0.6) is 5.75 Å². The van der Waals surface area contributed by atoms with Crippen molar-refractivity contribution < 1.29 is 22.7 Å². The van der Waals surface area contributed by atoms with E-state index < -0.39 is 18.0 Å². The van der Waals surface area contributed by atoms with E-state index in [0.717, 1.165) is 17.8 Å². The van der Waals surface area contributed by atoms with Crippen LogP contribution in [0.3, 0.4) is 0 Å². The van der Waals surface area contributed by atoms with Crippen molar-refractivity contribution in [1.82, 2.24) is 9.78 Å². The van der Waals surface area contributed by atoms with E-state index in [9.17, 15) is 18.0 Å². The third-order valence-corrected chi connectivity index (χ3v) is 3.41. The van der Waals surface area contributed by atoms with Gasteiger partial charge in [-0.25, -0.2) is 0 Å². The minimum atomic E-state index is -4.79. The number of alkyl halides is 3. The maximum absolute atomic E-state index is 12.5. The normalized spacial score (nSPS) is 12.1. The summed E-state index contributed by atoms with van der Waals surface area (Å²) in [5.74, 6) is -0.848. The van der Waals surface area contributed by atoms with Crippen molar-refractivity contribution in [2.45, 2.75) is 46.0 Å². The number of benzene rings is 1. The smallest absolute Gasteiger partial charge is 0.406 e. The van der Waals surface area contributed by atoms with Crippen molar-refractivity contribution in [3.8, 4) is 5.75 Å². The van der Waals surface area contributed by atoms with E-state index in [4.69, 9.17) is 0 Å². The Morgan fingerprint density at radius 2 is 1.92 bits per heavy atom. The highest BCUT2D eigenvalue weighted by Crippen LogP contribution is 2.26. The number of aryl methyl sites for hydroxylation is 1. The van der Waals surface area contributed by atoms with Crippen LogP contribution >= 0.6 is 0 Å². The molecule has 0 saturated heterocycles. The molecule has 0 aliphatic carbocycles. The number of rotatable bonds is 4. The van der Waals surface area contributed by atoms with Crippen LogP contribution in [0.25, 0.3) is 0 Å². The Hall–Kier alpha value is -2.51. The van der Waals surface area contributed by atoms with Crippen LogP contribution in [0.2, 0.25) is 0 Å². The lowest BCUT2D eigenvalue weighted by molar-refractivity contribution is -0.274. The van der Waals surface area contributed by atoms with Gasteiger partial charge < -0.3 is 10.1 Å². The fourth-order valence-corrected chi connectivity index (χ4v) is 2.17. The van der Waals surface area contributed by atoms with E-state index in [1.807, 2.05) is 27.7 Å². The zero-order chi connectivity index (χ0) is 18.8. The van der Waals surface area contributed by atoms with E-state index in [1.54, 1.807) is 10.7 Å². The number of carbonyl (C=O) groups excluding carboxylic acids is 1. The number of amides is 1. The highest BCUT2D eigenvalue weighted by Gasteiger charge is 2.31. The lowest BCUT2D eigenvalue weighted by atomic mass is 9.92. The Kier molecular flexibility index (Phi) is 5.10. The average molecular weight is 355 g/mol. The fourth-order valence-electron chi connectivity index (χ4n) is 2.17. The van der Waals surface area contributed by atoms with Crippen molar-refractivity contribution >= 4 is 11.6 Å². The largest absolute Gasteiger partial charge is 0.573 e. The van der Waals surface area contributed by atoms with Crippen molar-refractivity contribution in [3.63, 3.8) is 0 Å². The Morgan fingerprint density at radius 1 is 1.24 bits per heavy atom. The van der Waals surface area contributed by atoms with Gasteiger partial charge in [0.25, 0.3) is 5.91 Å². The number of halogens is 3. The number of nitrogens with one attached hydrogen (secondary N) is 1. The van der Waals surface area contributed by atoms with Crippen LogP contribution < -0.4 is 10.1 Å². The van der Waals surface area contributed by atoms with Crippen molar-refractivity contribution in [3.05, 3.63) is 41.7 Å². The molecule has 0 saturated carbocycles. The quantitative estimate of drug-likeness (QED) is 0.887. The second-order valence-electron chi connectivity index (χ2n) is 6.51. The molecule has 136 valence electrons. The molecule has 0 bridgehead atoms. The standard InChI is InChI=1S/C17H20F3N3O2/c1-5-23-13(10-14(22-23)16(2,3)4)15(24)21-11-7-6-8-12(9-11)25-17(18,19)20/h6-10H,5H2,1-4H3,(H,21,24). The molecular formula is C17H20F3N3O2. The number of ether oxygens (including phenoxy) is 1. The molecule has 1 aromatic heterocycles. The maximum Gasteiger partial charge on any atom is 0.573 e. The summed E-state index contributed by atoms with van der Waals surface area (Å²) in [6.07, 6.45) is -4.79. The molecule has 2 aromatic rings. The molecule has 0 aliphatic heterocycles. The second kappa shape index (κ2) is 6.78. The first-order valence-corrected chi connectivity index (χ1v) is 7.75. The van der Waals surface area contributed by atoms with Crippen LogP contribution in [0.1, 0.15) is 43.9 Å². The van der Waals surface area contributed by atoms with Gasteiger partial charge in [0.2, 0.25) is 0 Å². The van der Waals surface area contributed by atoms with Crippen LogP contribution in [0.4, 0.5) is 18.9 Å². The van der Waals surface area contributed by atoms with Gasteiger partial charge in [-0.15, -0.1) is 13.2 Å². The van der Waals surface area contributed by atoms with Crippen LogP contribution in [0.15, 0.2) is 30.3 Å². The van der Waals surface area contributed by atoms with Gasteiger partial charge in [-0.3, -0.25) is 9.48 Å². The molecule has 25 heavy (non-hydrogen) atoms. The molecular weight excluding hydrogens is 335 g/mol. The first-order chi connectivity index (χ1) is 11.5. The van der Waals surface area contributed by atoms with Gasteiger partial charge in [0.1, 0.15) is 11.4 Å². The summed E-state index contributed by atoms with van der Waals surface area (Å²) in [7, 11) is 0. The Morgan fingerprint density at radius 3 is 2.48 bits per heavy atom. The lowest BCUT2D eigenvalue weighted by Gasteiger charge is -2.13.